The number of thioether (sulfide) groups is 1. The molecule has 0 aromatic heterocycles. The molecular weight excluding hydrogens is 422 g/mol. The highest BCUT2D eigenvalue weighted by Crippen LogP contribution is 2.56. The molecule has 2 heterocycles. The van der Waals surface area contributed by atoms with E-state index in [1.165, 1.54) is 31.9 Å². The van der Waals surface area contributed by atoms with Crippen LogP contribution in [0.3, 0.4) is 0 Å². The molecule has 7 nitrogen and oxygen atoms in total. The van der Waals surface area contributed by atoms with Crippen molar-refractivity contribution in [3.8, 4) is 0 Å². The number of carbonyl (C=O) groups is 2. The Hall–Kier alpha value is -2.36. The fourth-order valence-corrected chi connectivity index (χ4v) is 6.26. The number of nitrogens with zero attached hydrogens (tertiary/aromatic N) is 2. The van der Waals surface area contributed by atoms with E-state index in [9.17, 15) is 18.0 Å². The Kier molecular flexibility index (Phi) is 4.95. The van der Waals surface area contributed by atoms with Gasteiger partial charge in [0.1, 0.15) is 0 Å². The SMILES string of the molecule is Cc1cc(S(=O)(=O)N(C)C)cc(NC(=O)C23CCC(=O)N2c2ccccc2S3)c1C. The maximum absolute atomic E-state index is 13.5. The van der Waals surface area contributed by atoms with Crippen LogP contribution in [0.5, 0.6) is 0 Å². The average Bonchev–Trinajstić information content (AvgIpc) is 3.20. The minimum atomic E-state index is -3.65. The predicted octanol–water partition coefficient (Wildman–Crippen LogP) is 3.12. The lowest BCUT2D eigenvalue weighted by Gasteiger charge is -2.30. The van der Waals surface area contributed by atoms with Gasteiger partial charge in [-0.1, -0.05) is 23.9 Å². The number of fused-ring (bicyclic) bond motifs is 3. The molecule has 2 amide bonds. The molecule has 0 spiro atoms. The Bertz CT molecular complexity index is 1180. The monoisotopic (exact) mass is 445 g/mol. The number of sulfonamides is 1. The second kappa shape index (κ2) is 7.11. The largest absolute Gasteiger partial charge is 0.323 e. The molecule has 0 saturated carbocycles. The molecule has 1 fully saturated rings. The maximum Gasteiger partial charge on any atom is 0.261 e. The van der Waals surface area contributed by atoms with Crippen LogP contribution in [0.4, 0.5) is 11.4 Å². The molecule has 1 saturated heterocycles. The third kappa shape index (κ3) is 3.03. The van der Waals surface area contributed by atoms with Gasteiger partial charge in [-0.25, -0.2) is 12.7 Å². The zero-order valence-corrected chi connectivity index (χ0v) is 18.9. The molecule has 0 radical (unpaired) electrons. The van der Waals surface area contributed by atoms with Crippen LogP contribution in [0.15, 0.2) is 46.2 Å². The Morgan fingerprint density at radius 2 is 1.90 bits per heavy atom. The molecule has 158 valence electrons. The quantitative estimate of drug-likeness (QED) is 0.781. The summed E-state index contributed by atoms with van der Waals surface area (Å²) in [6.07, 6.45) is 0.687. The number of nitrogens with one attached hydrogen (secondary N) is 1. The maximum atomic E-state index is 13.5. The van der Waals surface area contributed by atoms with Crippen LogP contribution in [-0.4, -0.2) is 43.5 Å². The van der Waals surface area contributed by atoms with E-state index < -0.39 is 14.9 Å². The van der Waals surface area contributed by atoms with Gasteiger partial charge in [-0.3, -0.25) is 14.5 Å². The van der Waals surface area contributed by atoms with E-state index in [0.717, 1.165) is 26.0 Å². The normalized spacial score (nSPS) is 20.4. The van der Waals surface area contributed by atoms with E-state index >= 15 is 0 Å². The topological polar surface area (TPSA) is 86.8 Å². The molecule has 1 unspecified atom stereocenters. The number of aryl methyl sites for hydroxylation is 1. The molecule has 2 aliphatic heterocycles. The van der Waals surface area contributed by atoms with Crippen molar-refractivity contribution >= 4 is 45.0 Å². The van der Waals surface area contributed by atoms with Gasteiger partial charge >= 0.3 is 0 Å². The number of carbonyl (C=O) groups excluding carboxylic acids is 2. The van der Waals surface area contributed by atoms with Crippen molar-refractivity contribution in [1.29, 1.82) is 0 Å². The Labute approximate surface area is 180 Å². The summed E-state index contributed by atoms with van der Waals surface area (Å²) in [5, 5.41) is 2.93. The van der Waals surface area contributed by atoms with Gasteiger partial charge in [0.05, 0.1) is 10.6 Å². The van der Waals surface area contributed by atoms with Gasteiger partial charge in [0.25, 0.3) is 5.91 Å². The summed E-state index contributed by atoms with van der Waals surface area (Å²) in [6, 6.07) is 10.6. The number of rotatable bonds is 4. The van der Waals surface area contributed by atoms with Crippen LogP contribution in [0.2, 0.25) is 0 Å². The molecule has 1 N–H and O–H groups in total. The molecule has 2 aromatic rings. The third-order valence-corrected chi connectivity index (χ3v) is 8.96. The second-order valence-corrected chi connectivity index (χ2v) is 11.2. The van der Waals surface area contributed by atoms with Crippen LogP contribution in [0.25, 0.3) is 0 Å². The standard InChI is InChI=1S/C21H23N3O4S2/c1-13-11-15(30(27,28)23(3)4)12-16(14(13)2)22-20(26)21-10-9-19(25)24(21)17-7-5-6-8-18(17)29-21/h5-8,11-12H,9-10H2,1-4H3,(H,22,26). The molecule has 1 atom stereocenters. The predicted molar refractivity (Wildman–Crippen MR) is 117 cm³/mol. The smallest absolute Gasteiger partial charge is 0.261 e. The second-order valence-electron chi connectivity index (χ2n) is 7.74. The lowest BCUT2D eigenvalue weighted by molar-refractivity contribution is -0.121. The number of hydrogen-bond donors (Lipinski definition) is 1. The Morgan fingerprint density at radius 3 is 2.60 bits per heavy atom. The van der Waals surface area contributed by atoms with Gasteiger partial charge < -0.3 is 5.32 Å². The summed E-state index contributed by atoms with van der Waals surface area (Å²) in [4.78, 5) is 27.6. The highest BCUT2D eigenvalue weighted by Gasteiger charge is 2.57. The van der Waals surface area contributed by atoms with Crippen molar-refractivity contribution in [3.05, 3.63) is 47.5 Å². The van der Waals surface area contributed by atoms with Crippen LogP contribution in [0, 0.1) is 13.8 Å². The van der Waals surface area contributed by atoms with Crippen LogP contribution in [0.1, 0.15) is 24.0 Å². The van der Waals surface area contributed by atoms with Gasteiger partial charge in [0.2, 0.25) is 15.9 Å². The van der Waals surface area contributed by atoms with Gasteiger partial charge in [0, 0.05) is 31.1 Å². The summed E-state index contributed by atoms with van der Waals surface area (Å²) in [7, 11) is -0.716. The molecule has 0 bridgehead atoms. The minimum Gasteiger partial charge on any atom is -0.323 e. The summed E-state index contributed by atoms with van der Waals surface area (Å²) >= 11 is 1.38. The van der Waals surface area contributed by atoms with Crippen molar-refractivity contribution in [2.24, 2.45) is 0 Å². The van der Waals surface area contributed by atoms with Crippen LogP contribution in [-0.2, 0) is 19.6 Å². The first-order valence-electron chi connectivity index (χ1n) is 9.54. The van der Waals surface area contributed by atoms with E-state index in [-0.39, 0.29) is 16.7 Å². The molecule has 4 rings (SSSR count). The van der Waals surface area contributed by atoms with Gasteiger partial charge in [-0.05, 0) is 55.7 Å². The summed E-state index contributed by atoms with van der Waals surface area (Å²) in [6.45, 7) is 3.65. The average molecular weight is 446 g/mol. The van der Waals surface area contributed by atoms with E-state index in [1.807, 2.05) is 38.1 Å². The van der Waals surface area contributed by atoms with Crippen LogP contribution < -0.4 is 10.2 Å². The number of hydrogen-bond acceptors (Lipinski definition) is 5. The van der Waals surface area contributed by atoms with Gasteiger partial charge in [0.15, 0.2) is 4.87 Å². The van der Waals surface area contributed by atoms with Crippen molar-refractivity contribution < 1.29 is 18.0 Å². The van der Waals surface area contributed by atoms with Gasteiger partial charge in [-0.2, -0.15) is 0 Å². The van der Waals surface area contributed by atoms with Crippen LogP contribution >= 0.6 is 11.8 Å². The lowest BCUT2D eigenvalue weighted by atomic mass is 10.1. The Morgan fingerprint density at radius 1 is 1.20 bits per heavy atom. The number of benzene rings is 2. The number of amides is 2. The molecule has 30 heavy (non-hydrogen) atoms. The zero-order chi connectivity index (χ0) is 21.8. The highest BCUT2D eigenvalue weighted by molar-refractivity contribution is 8.02. The van der Waals surface area contributed by atoms with Crippen molar-refractivity contribution in [2.75, 3.05) is 24.3 Å². The first-order chi connectivity index (χ1) is 14.1. The summed E-state index contributed by atoms with van der Waals surface area (Å²) in [5.41, 5.74) is 2.73. The summed E-state index contributed by atoms with van der Waals surface area (Å²) < 4.78 is 26.4. The first-order valence-corrected chi connectivity index (χ1v) is 11.8. The molecule has 9 heteroatoms. The Balaban J connectivity index is 1.73. The highest BCUT2D eigenvalue weighted by atomic mass is 32.2. The molecule has 0 aliphatic carbocycles. The minimum absolute atomic E-state index is 0.0839. The molecule has 2 aromatic carbocycles. The van der Waals surface area contributed by atoms with Gasteiger partial charge in [-0.15, -0.1) is 0 Å². The number of anilines is 2. The number of para-hydroxylation sites is 1. The third-order valence-electron chi connectivity index (χ3n) is 5.70. The molecule has 2 aliphatic rings. The van der Waals surface area contributed by atoms with Crippen molar-refractivity contribution in [1.82, 2.24) is 4.31 Å². The van der Waals surface area contributed by atoms with E-state index in [1.54, 1.807) is 11.0 Å². The van der Waals surface area contributed by atoms with Crippen molar-refractivity contribution in [2.45, 2.75) is 41.4 Å². The van der Waals surface area contributed by atoms with E-state index in [2.05, 4.69) is 5.32 Å². The van der Waals surface area contributed by atoms with E-state index in [4.69, 9.17) is 0 Å². The summed E-state index contributed by atoms with van der Waals surface area (Å²) in [5.74, 6) is -0.407. The van der Waals surface area contributed by atoms with Crippen molar-refractivity contribution in [3.63, 3.8) is 0 Å². The fraction of sp³-hybridized carbons (Fsp3) is 0.333. The fourth-order valence-electron chi connectivity index (χ4n) is 3.83. The molecular formula is C21H23N3O4S2. The van der Waals surface area contributed by atoms with E-state index in [0.29, 0.717) is 18.5 Å². The lowest BCUT2D eigenvalue weighted by Crippen LogP contribution is -2.49. The first kappa shape index (κ1) is 20.9. The zero-order valence-electron chi connectivity index (χ0n) is 17.2.